The standard InChI is InChI=1S/C23H25N3O3/c1-28-21-11-10-19(14-22(21)29-2)26-20-13-18(15-24-16-20)23(27)25-12-6-9-17-7-4-3-5-8-17/h3-5,7-8,10-11,13-16,26H,6,9,12H2,1-2H3,(H,25,27). The second-order valence-corrected chi connectivity index (χ2v) is 6.50. The van der Waals surface area contributed by atoms with Crippen LogP contribution in [0.25, 0.3) is 0 Å². The number of carbonyl (C=O) groups is 1. The van der Waals surface area contributed by atoms with Crippen LogP contribution in [-0.2, 0) is 6.42 Å². The molecule has 0 aliphatic heterocycles. The van der Waals surface area contributed by atoms with Gasteiger partial charge in [0.05, 0.1) is 31.7 Å². The highest BCUT2D eigenvalue weighted by Gasteiger charge is 2.08. The fraction of sp³-hybridized carbons (Fsp3) is 0.217. The van der Waals surface area contributed by atoms with E-state index >= 15 is 0 Å². The molecular formula is C23H25N3O3. The van der Waals surface area contributed by atoms with Gasteiger partial charge < -0.3 is 20.1 Å². The Labute approximate surface area is 170 Å². The van der Waals surface area contributed by atoms with Crippen LogP contribution in [0.5, 0.6) is 11.5 Å². The molecule has 3 rings (SSSR count). The van der Waals surface area contributed by atoms with E-state index in [2.05, 4.69) is 27.8 Å². The Bertz CT molecular complexity index is 945. The molecule has 29 heavy (non-hydrogen) atoms. The van der Waals surface area contributed by atoms with Crippen molar-refractivity contribution in [3.05, 3.63) is 78.1 Å². The molecule has 6 nitrogen and oxygen atoms in total. The Hall–Kier alpha value is -3.54. The van der Waals surface area contributed by atoms with Crippen LogP contribution in [0.3, 0.4) is 0 Å². The SMILES string of the molecule is COc1ccc(Nc2cncc(C(=O)NCCCc3ccccc3)c2)cc1OC. The normalized spacial score (nSPS) is 10.3. The van der Waals surface area contributed by atoms with E-state index in [1.54, 1.807) is 32.7 Å². The summed E-state index contributed by atoms with van der Waals surface area (Å²) in [6.07, 6.45) is 5.04. The molecule has 0 aliphatic rings. The summed E-state index contributed by atoms with van der Waals surface area (Å²) < 4.78 is 10.6. The molecule has 0 unspecified atom stereocenters. The molecule has 3 aromatic rings. The number of pyridine rings is 1. The van der Waals surface area contributed by atoms with Crippen molar-refractivity contribution >= 4 is 17.3 Å². The largest absolute Gasteiger partial charge is 0.493 e. The number of nitrogens with one attached hydrogen (secondary N) is 2. The summed E-state index contributed by atoms with van der Waals surface area (Å²) in [5.41, 5.74) is 3.30. The van der Waals surface area contributed by atoms with Crippen LogP contribution >= 0.6 is 0 Å². The average molecular weight is 391 g/mol. The predicted octanol–water partition coefficient (Wildman–Crippen LogP) is 4.21. The van der Waals surface area contributed by atoms with E-state index in [0.717, 1.165) is 18.5 Å². The number of anilines is 2. The molecule has 2 N–H and O–H groups in total. The van der Waals surface area contributed by atoms with Crippen LogP contribution in [0.1, 0.15) is 22.3 Å². The zero-order chi connectivity index (χ0) is 20.5. The van der Waals surface area contributed by atoms with Gasteiger partial charge in [-0.05, 0) is 36.6 Å². The summed E-state index contributed by atoms with van der Waals surface area (Å²) in [6.45, 7) is 0.612. The number of carbonyl (C=O) groups excluding carboxylic acids is 1. The first-order valence-electron chi connectivity index (χ1n) is 9.46. The number of benzene rings is 2. The van der Waals surface area contributed by atoms with Gasteiger partial charge in [0.25, 0.3) is 5.91 Å². The lowest BCUT2D eigenvalue weighted by atomic mass is 10.1. The first kappa shape index (κ1) is 20.2. The van der Waals surface area contributed by atoms with Crippen LogP contribution in [0.2, 0.25) is 0 Å². The number of hydrogen-bond donors (Lipinski definition) is 2. The second-order valence-electron chi connectivity index (χ2n) is 6.50. The Kier molecular flexibility index (Phi) is 7.05. The smallest absolute Gasteiger partial charge is 0.252 e. The minimum atomic E-state index is -0.137. The fourth-order valence-corrected chi connectivity index (χ4v) is 2.95. The van der Waals surface area contributed by atoms with Gasteiger partial charge in [-0.3, -0.25) is 9.78 Å². The summed E-state index contributed by atoms with van der Waals surface area (Å²) in [4.78, 5) is 16.6. The maximum absolute atomic E-state index is 12.4. The molecule has 1 heterocycles. The summed E-state index contributed by atoms with van der Waals surface area (Å²) in [6, 6.07) is 17.5. The monoisotopic (exact) mass is 391 g/mol. The van der Waals surface area contributed by atoms with Gasteiger partial charge in [-0.25, -0.2) is 0 Å². The quantitative estimate of drug-likeness (QED) is 0.535. The van der Waals surface area contributed by atoms with E-state index < -0.39 is 0 Å². The first-order valence-corrected chi connectivity index (χ1v) is 9.46. The Morgan fingerprint density at radius 3 is 2.48 bits per heavy atom. The third-order valence-electron chi connectivity index (χ3n) is 4.44. The Morgan fingerprint density at radius 2 is 1.72 bits per heavy atom. The lowest BCUT2D eigenvalue weighted by Gasteiger charge is -2.12. The molecule has 6 heteroatoms. The maximum atomic E-state index is 12.4. The third-order valence-corrected chi connectivity index (χ3v) is 4.44. The van der Waals surface area contributed by atoms with Crippen molar-refractivity contribution in [1.29, 1.82) is 0 Å². The van der Waals surface area contributed by atoms with E-state index in [4.69, 9.17) is 9.47 Å². The lowest BCUT2D eigenvalue weighted by Crippen LogP contribution is -2.25. The Morgan fingerprint density at radius 1 is 0.931 bits per heavy atom. The number of methoxy groups -OCH3 is 2. The number of amides is 1. The van der Waals surface area contributed by atoms with Crippen LogP contribution in [-0.4, -0.2) is 31.7 Å². The molecule has 150 valence electrons. The summed E-state index contributed by atoms with van der Waals surface area (Å²) in [5, 5.41) is 6.19. The fourth-order valence-electron chi connectivity index (χ4n) is 2.95. The van der Waals surface area contributed by atoms with Crippen LogP contribution in [0, 0.1) is 0 Å². The van der Waals surface area contributed by atoms with E-state index in [0.29, 0.717) is 29.3 Å². The maximum Gasteiger partial charge on any atom is 0.252 e. The zero-order valence-electron chi connectivity index (χ0n) is 16.6. The van der Waals surface area contributed by atoms with Crippen molar-refractivity contribution in [1.82, 2.24) is 10.3 Å². The van der Waals surface area contributed by atoms with Gasteiger partial charge >= 0.3 is 0 Å². The van der Waals surface area contributed by atoms with Crippen molar-refractivity contribution in [2.75, 3.05) is 26.1 Å². The highest BCUT2D eigenvalue weighted by molar-refractivity contribution is 5.94. The molecule has 0 aliphatic carbocycles. The predicted molar refractivity (Wildman–Crippen MR) is 114 cm³/mol. The molecule has 0 fully saturated rings. The molecule has 1 aromatic heterocycles. The lowest BCUT2D eigenvalue weighted by molar-refractivity contribution is 0.0953. The minimum Gasteiger partial charge on any atom is -0.493 e. The van der Waals surface area contributed by atoms with Crippen molar-refractivity contribution in [3.63, 3.8) is 0 Å². The molecule has 1 amide bonds. The number of aromatic nitrogens is 1. The minimum absolute atomic E-state index is 0.137. The van der Waals surface area contributed by atoms with E-state index in [-0.39, 0.29) is 5.91 Å². The first-order chi connectivity index (χ1) is 14.2. The number of rotatable bonds is 9. The zero-order valence-corrected chi connectivity index (χ0v) is 16.6. The topological polar surface area (TPSA) is 72.5 Å². The van der Waals surface area contributed by atoms with Gasteiger partial charge in [-0.1, -0.05) is 30.3 Å². The number of aryl methyl sites for hydroxylation is 1. The average Bonchev–Trinajstić information content (AvgIpc) is 2.77. The number of ether oxygens (including phenoxy) is 2. The number of hydrogen-bond acceptors (Lipinski definition) is 5. The van der Waals surface area contributed by atoms with E-state index in [1.165, 1.54) is 5.56 Å². The molecule has 0 spiro atoms. The second kappa shape index (κ2) is 10.1. The van der Waals surface area contributed by atoms with Crippen molar-refractivity contribution in [3.8, 4) is 11.5 Å². The highest BCUT2D eigenvalue weighted by atomic mass is 16.5. The molecule has 0 saturated heterocycles. The number of nitrogens with zero attached hydrogens (tertiary/aromatic N) is 1. The van der Waals surface area contributed by atoms with Crippen LogP contribution in [0.15, 0.2) is 67.0 Å². The Balaban J connectivity index is 1.56. The van der Waals surface area contributed by atoms with Crippen molar-refractivity contribution < 1.29 is 14.3 Å². The van der Waals surface area contributed by atoms with Gasteiger partial charge in [0.2, 0.25) is 0 Å². The van der Waals surface area contributed by atoms with Crippen LogP contribution < -0.4 is 20.1 Å². The van der Waals surface area contributed by atoms with Gasteiger partial charge in [-0.15, -0.1) is 0 Å². The van der Waals surface area contributed by atoms with Gasteiger partial charge in [0.15, 0.2) is 11.5 Å². The van der Waals surface area contributed by atoms with Crippen molar-refractivity contribution in [2.24, 2.45) is 0 Å². The summed E-state index contributed by atoms with van der Waals surface area (Å²) in [5.74, 6) is 1.14. The molecule has 2 aromatic carbocycles. The highest BCUT2D eigenvalue weighted by Crippen LogP contribution is 2.31. The van der Waals surface area contributed by atoms with E-state index in [1.807, 2.05) is 36.4 Å². The molecular weight excluding hydrogens is 366 g/mol. The summed E-state index contributed by atoms with van der Waals surface area (Å²) in [7, 11) is 3.18. The molecule has 0 atom stereocenters. The van der Waals surface area contributed by atoms with E-state index in [9.17, 15) is 4.79 Å². The van der Waals surface area contributed by atoms with Gasteiger partial charge in [-0.2, -0.15) is 0 Å². The van der Waals surface area contributed by atoms with Crippen LogP contribution in [0.4, 0.5) is 11.4 Å². The molecule has 0 saturated carbocycles. The van der Waals surface area contributed by atoms with Gasteiger partial charge in [0, 0.05) is 24.5 Å². The van der Waals surface area contributed by atoms with Gasteiger partial charge in [0.1, 0.15) is 0 Å². The third kappa shape index (κ3) is 5.72. The summed E-state index contributed by atoms with van der Waals surface area (Å²) >= 11 is 0. The van der Waals surface area contributed by atoms with Crippen molar-refractivity contribution in [2.45, 2.75) is 12.8 Å². The molecule has 0 radical (unpaired) electrons. The molecule has 0 bridgehead atoms.